The van der Waals surface area contributed by atoms with Crippen molar-refractivity contribution in [2.45, 2.75) is 195 Å². The van der Waals surface area contributed by atoms with Gasteiger partial charge in [-0.2, -0.15) is 0 Å². The monoisotopic (exact) mass is 781 g/mol. The average Bonchev–Trinajstić information content (AvgIpc) is 3.68. The number of hydrogen-bond donors (Lipinski definition) is 4. The van der Waals surface area contributed by atoms with Crippen molar-refractivity contribution in [2.75, 3.05) is 0 Å². The number of fused-ring (bicyclic) bond motifs is 10. The van der Waals surface area contributed by atoms with Gasteiger partial charge >= 0.3 is 5.97 Å². The molecule has 0 radical (unpaired) electrons. The zero-order valence-corrected chi connectivity index (χ0v) is 36.3. The summed E-state index contributed by atoms with van der Waals surface area (Å²) in [4.78, 5) is 35.9. The molecule has 8 aliphatic carbocycles. The number of carbonyl (C=O) groups is 3. The van der Waals surface area contributed by atoms with Crippen LogP contribution in [0.5, 0.6) is 0 Å². The zero-order chi connectivity index (χ0) is 40.5. The largest absolute Gasteiger partial charge is 0.481 e. The van der Waals surface area contributed by atoms with E-state index in [1.165, 1.54) is 51.4 Å². The molecule has 0 amide bonds. The first-order valence-corrected chi connectivity index (χ1v) is 23.6. The molecule has 0 aromatic carbocycles. The lowest BCUT2D eigenvalue weighted by molar-refractivity contribution is -0.174. The normalized spacial score (nSPS) is 50.4. The van der Waals surface area contributed by atoms with Gasteiger partial charge in [0.2, 0.25) is 0 Å². The molecule has 0 heterocycles. The van der Waals surface area contributed by atoms with Crippen molar-refractivity contribution in [1.82, 2.24) is 0 Å². The number of ketones is 2. The first kappa shape index (κ1) is 42.8. The summed E-state index contributed by atoms with van der Waals surface area (Å²) in [6, 6.07) is 0. The van der Waals surface area contributed by atoms with Crippen LogP contribution < -0.4 is 0 Å². The van der Waals surface area contributed by atoms with Crippen LogP contribution in [-0.2, 0) is 14.4 Å². The van der Waals surface area contributed by atoms with Crippen molar-refractivity contribution in [1.29, 1.82) is 0 Å². The highest BCUT2D eigenvalue weighted by Crippen LogP contribution is 2.70. The Hall–Kier alpha value is -1.31. The Bertz CT molecular complexity index is 1460. The fourth-order valence-electron chi connectivity index (χ4n) is 17.2. The van der Waals surface area contributed by atoms with Gasteiger partial charge in [-0.3, -0.25) is 9.59 Å². The molecule has 7 heteroatoms. The van der Waals surface area contributed by atoms with Crippen LogP contribution in [0.15, 0.2) is 0 Å². The molecule has 0 saturated heterocycles. The Labute approximate surface area is 339 Å². The van der Waals surface area contributed by atoms with E-state index in [9.17, 15) is 29.7 Å². The van der Waals surface area contributed by atoms with Crippen molar-refractivity contribution >= 4 is 17.5 Å². The molecule has 7 nitrogen and oxygen atoms in total. The Morgan fingerprint density at radius 1 is 0.625 bits per heavy atom. The number of hydrogen-bond acceptors (Lipinski definition) is 6. The van der Waals surface area contributed by atoms with Gasteiger partial charge in [0.05, 0.1) is 18.3 Å². The quantitative estimate of drug-likeness (QED) is 0.193. The Morgan fingerprint density at radius 3 is 1.68 bits per heavy atom. The van der Waals surface area contributed by atoms with Crippen LogP contribution >= 0.6 is 0 Å². The van der Waals surface area contributed by atoms with Crippen molar-refractivity contribution < 1.29 is 34.8 Å². The molecule has 0 aromatic rings. The molecule has 0 bridgehead atoms. The summed E-state index contributed by atoms with van der Waals surface area (Å²) >= 11 is 0. The zero-order valence-electron chi connectivity index (χ0n) is 36.3. The van der Waals surface area contributed by atoms with Crippen LogP contribution in [0.25, 0.3) is 0 Å². The van der Waals surface area contributed by atoms with E-state index < -0.39 is 5.97 Å². The number of carboxylic acids is 1. The molecule has 0 unspecified atom stereocenters. The molecule has 0 spiro atoms. The fourth-order valence-corrected chi connectivity index (χ4v) is 17.2. The lowest BCUT2D eigenvalue weighted by Crippen LogP contribution is -2.58. The number of carbonyl (C=O) groups excluding carboxylic acids is 2. The number of aliphatic hydroxyl groups is 3. The number of Topliss-reactive ketones (excluding diaryl/α,β-unsaturated/α-hetero) is 2. The van der Waals surface area contributed by atoms with Gasteiger partial charge in [0.1, 0.15) is 11.6 Å². The van der Waals surface area contributed by atoms with E-state index in [4.69, 9.17) is 5.11 Å². The van der Waals surface area contributed by atoms with E-state index in [-0.39, 0.29) is 52.3 Å². The fraction of sp³-hybridized carbons (Fsp3) is 0.939. The minimum Gasteiger partial charge on any atom is -0.481 e. The molecule has 8 aliphatic rings. The maximum absolute atomic E-state index is 13.4. The molecular formula is C49H80O7. The molecule has 0 aromatic heterocycles. The van der Waals surface area contributed by atoms with Crippen molar-refractivity contribution in [3.63, 3.8) is 0 Å². The smallest absolute Gasteiger partial charge is 0.303 e. The number of rotatable bonds is 8. The Balaban J connectivity index is 0.000000172. The predicted octanol–water partition coefficient (Wildman–Crippen LogP) is 9.67. The second-order valence-corrected chi connectivity index (χ2v) is 22.8. The second kappa shape index (κ2) is 15.9. The Morgan fingerprint density at radius 2 is 1.09 bits per heavy atom. The van der Waals surface area contributed by atoms with E-state index in [1.54, 1.807) is 6.92 Å². The molecule has 8 fully saturated rings. The summed E-state index contributed by atoms with van der Waals surface area (Å²) in [7, 11) is 0. The van der Waals surface area contributed by atoms with Crippen LogP contribution in [0.1, 0.15) is 177 Å². The molecule has 4 N–H and O–H groups in total. The topological polar surface area (TPSA) is 132 Å². The molecule has 19 atom stereocenters. The molecule has 0 aliphatic heterocycles. The van der Waals surface area contributed by atoms with E-state index in [2.05, 4.69) is 41.5 Å². The first-order valence-electron chi connectivity index (χ1n) is 23.6. The molecule has 318 valence electrons. The van der Waals surface area contributed by atoms with Gasteiger partial charge in [0.15, 0.2) is 0 Å². The van der Waals surface area contributed by atoms with E-state index in [0.717, 1.165) is 57.8 Å². The van der Waals surface area contributed by atoms with Gasteiger partial charge in [0, 0.05) is 25.2 Å². The third-order valence-corrected chi connectivity index (χ3v) is 20.4. The summed E-state index contributed by atoms with van der Waals surface area (Å²) < 4.78 is 0. The standard InChI is InChI=1S/C25H40O3.C24H40O4/c1-15(5-6-16(2)26)19-7-8-20-23-21(10-12-25(19,20)4)24(3)11-9-18(27)13-17(24)14-22(23)28;1-14(4-7-21(27)28)17-5-6-18-22-19(9-11-24(17,18)3)23(2)10-8-16(25)12-15(23)13-20(22)26/h15,17-21,23,27H,5-14H2,1-4H3;14-20,22,25-26H,4-13H2,1-3H3,(H,27,28)/t15-,17+,18-,19-,20+,21+,23+,24+,25-;14-,15+,16-,17-,18+,19+,20+,22+,23+,24-/m11/s1. The summed E-state index contributed by atoms with van der Waals surface area (Å²) in [6.07, 6.45) is 19.1. The summed E-state index contributed by atoms with van der Waals surface area (Å²) in [5, 5.41) is 40.7. The van der Waals surface area contributed by atoms with Crippen LogP contribution in [0.4, 0.5) is 0 Å². The summed E-state index contributed by atoms with van der Waals surface area (Å²) in [5.41, 5.74) is 1.04. The van der Waals surface area contributed by atoms with Gasteiger partial charge in [-0.05, 0) is 203 Å². The molecular weight excluding hydrogens is 701 g/mol. The lowest BCUT2D eigenvalue weighted by Gasteiger charge is -2.62. The van der Waals surface area contributed by atoms with Gasteiger partial charge in [0.25, 0.3) is 0 Å². The van der Waals surface area contributed by atoms with E-state index in [0.29, 0.717) is 89.5 Å². The second-order valence-electron chi connectivity index (χ2n) is 22.8. The third-order valence-electron chi connectivity index (χ3n) is 20.4. The lowest BCUT2D eigenvalue weighted by atomic mass is 9.43. The van der Waals surface area contributed by atoms with Gasteiger partial charge in [-0.25, -0.2) is 0 Å². The number of carboxylic acid groups (broad SMARTS) is 1. The van der Waals surface area contributed by atoms with Gasteiger partial charge < -0.3 is 25.2 Å². The van der Waals surface area contributed by atoms with Crippen LogP contribution in [-0.4, -0.2) is 56.3 Å². The maximum Gasteiger partial charge on any atom is 0.303 e. The highest BCUT2D eigenvalue weighted by molar-refractivity contribution is 5.83. The summed E-state index contributed by atoms with van der Waals surface area (Å²) in [6.45, 7) is 16.1. The van der Waals surface area contributed by atoms with E-state index >= 15 is 0 Å². The van der Waals surface area contributed by atoms with Crippen molar-refractivity contribution in [2.24, 2.45) is 92.7 Å². The van der Waals surface area contributed by atoms with Crippen LogP contribution in [0, 0.1) is 92.7 Å². The maximum atomic E-state index is 13.4. The molecule has 8 saturated carbocycles. The van der Waals surface area contributed by atoms with Gasteiger partial charge in [-0.1, -0.05) is 41.5 Å². The molecule has 56 heavy (non-hydrogen) atoms. The average molecular weight is 781 g/mol. The highest BCUT2D eigenvalue weighted by Gasteiger charge is 2.64. The van der Waals surface area contributed by atoms with Crippen molar-refractivity contribution in [3.05, 3.63) is 0 Å². The Kier molecular flexibility index (Phi) is 12.2. The third kappa shape index (κ3) is 7.32. The number of aliphatic hydroxyl groups excluding tert-OH is 3. The van der Waals surface area contributed by atoms with Crippen LogP contribution in [0.2, 0.25) is 0 Å². The predicted molar refractivity (Wildman–Crippen MR) is 219 cm³/mol. The highest BCUT2D eigenvalue weighted by atomic mass is 16.4. The number of aliphatic carboxylic acids is 1. The van der Waals surface area contributed by atoms with E-state index in [1.807, 2.05) is 0 Å². The summed E-state index contributed by atoms with van der Waals surface area (Å²) in [5.74, 6) is 6.09. The minimum atomic E-state index is -0.684. The van der Waals surface area contributed by atoms with Gasteiger partial charge in [-0.15, -0.1) is 0 Å². The molecule has 8 rings (SSSR count). The van der Waals surface area contributed by atoms with Crippen LogP contribution in [0.3, 0.4) is 0 Å². The van der Waals surface area contributed by atoms with Crippen molar-refractivity contribution in [3.8, 4) is 0 Å². The SMILES string of the molecule is CC(=O)CC[C@@H](C)[C@H]1CC[C@H]2[C@@H]3C(=O)C[C@@H]4C[C@H](O)CC[C@]4(C)[C@H]3CC[C@]12C.C[C@H](CCC(=O)O)[C@H]1CC[C@H]2[C@@H]3[C@@H](O)C[C@@H]4C[C@H](O)CC[C@]4(C)[C@H]3CC[C@]12C. The minimum absolute atomic E-state index is 0.179. The first-order chi connectivity index (χ1) is 26.3.